The maximum Gasteiger partial charge on any atom is 0.379 e. The predicted molar refractivity (Wildman–Crippen MR) is 199 cm³/mol. The fourth-order valence-corrected chi connectivity index (χ4v) is 4.38. The number of hydrogen-bond donors (Lipinski definition) is 0. The molecule has 15 heteroatoms. The van der Waals surface area contributed by atoms with Gasteiger partial charge in [0.25, 0.3) is 5.78 Å². The van der Waals surface area contributed by atoms with Gasteiger partial charge in [0.1, 0.15) is 13.2 Å². The smallest absolute Gasteiger partial charge is 0.379 e. The minimum absolute atomic E-state index is 0.00650. The van der Waals surface area contributed by atoms with Crippen LogP contribution in [0.2, 0.25) is 0 Å². The Morgan fingerprint density at radius 2 is 0.704 bits per heavy atom. The molecule has 54 heavy (non-hydrogen) atoms. The van der Waals surface area contributed by atoms with Crippen molar-refractivity contribution in [3.8, 4) is 0 Å². The van der Waals surface area contributed by atoms with Crippen molar-refractivity contribution in [2.45, 2.75) is 51.9 Å². The summed E-state index contributed by atoms with van der Waals surface area (Å²) < 4.78 is 64.5. The lowest BCUT2D eigenvalue weighted by Crippen LogP contribution is -2.20. The predicted octanol–water partition coefficient (Wildman–Crippen LogP) is 3.87. The second-order valence-corrected chi connectivity index (χ2v) is 11.7. The van der Waals surface area contributed by atoms with Gasteiger partial charge in [0.15, 0.2) is 0 Å². The van der Waals surface area contributed by atoms with Crippen molar-refractivity contribution in [2.24, 2.45) is 0 Å². The Balaban J connectivity index is 1.66. The Labute approximate surface area is 321 Å². The van der Waals surface area contributed by atoms with Crippen molar-refractivity contribution in [3.05, 3.63) is 35.9 Å². The Kier molecular flexibility index (Phi) is 36.7. The fourth-order valence-electron chi connectivity index (χ4n) is 4.38. The molecule has 0 saturated heterocycles. The number of esters is 2. The second-order valence-electron chi connectivity index (χ2n) is 11.7. The van der Waals surface area contributed by atoms with E-state index in [1.165, 1.54) is 25.7 Å². The Bertz CT molecular complexity index is 982. The summed E-state index contributed by atoms with van der Waals surface area (Å²) in [7, 11) is 0. The van der Waals surface area contributed by atoms with Crippen molar-refractivity contribution in [3.63, 3.8) is 0 Å². The van der Waals surface area contributed by atoms with Gasteiger partial charge >= 0.3 is 11.9 Å². The zero-order chi connectivity index (χ0) is 38.8. The highest BCUT2D eigenvalue weighted by atomic mass is 16.6. The van der Waals surface area contributed by atoms with Crippen LogP contribution in [0.5, 0.6) is 0 Å². The van der Waals surface area contributed by atoms with Crippen molar-refractivity contribution in [2.75, 3.05) is 145 Å². The third kappa shape index (κ3) is 34.0. The highest BCUT2D eigenvalue weighted by Crippen LogP contribution is 2.07. The average Bonchev–Trinajstić information content (AvgIpc) is 3.19. The second kappa shape index (κ2) is 40.1. The van der Waals surface area contributed by atoms with Gasteiger partial charge in [-0.2, -0.15) is 0 Å². The number of carbonyl (C=O) groups excluding carboxylic acids is 3. The van der Waals surface area contributed by atoms with Gasteiger partial charge in [0.2, 0.25) is 0 Å². The first-order chi connectivity index (χ1) is 26.6. The molecule has 0 bridgehead atoms. The lowest BCUT2D eigenvalue weighted by Gasteiger charge is -2.09. The van der Waals surface area contributed by atoms with Crippen LogP contribution in [0, 0.1) is 0 Å². The zero-order valence-corrected chi connectivity index (χ0v) is 32.5. The molecule has 0 radical (unpaired) electrons. The molecular weight excluding hydrogens is 708 g/mol. The lowest BCUT2D eigenvalue weighted by atomic mass is 10.1. The van der Waals surface area contributed by atoms with Crippen LogP contribution < -0.4 is 0 Å². The fraction of sp³-hybridized carbons (Fsp3) is 0.769. The van der Waals surface area contributed by atoms with Crippen molar-refractivity contribution in [1.29, 1.82) is 0 Å². The molecule has 0 spiro atoms. The van der Waals surface area contributed by atoms with Gasteiger partial charge in [0, 0.05) is 12.0 Å². The third-order valence-corrected chi connectivity index (χ3v) is 7.26. The SMILES string of the molecule is CCCCCCCCC(=O)OCCOCCOCCOCCOCCOCCOCCOCCOCCOCCOCCOC(=O)C(=O)c1ccccc1. The van der Waals surface area contributed by atoms with Crippen LogP contribution in [-0.4, -0.2) is 163 Å². The highest BCUT2D eigenvalue weighted by Gasteiger charge is 2.17. The summed E-state index contributed by atoms with van der Waals surface area (Å²) in [6, 6.07) is 8.25. The molecule has 312 valence electrons. The van der Waals surface area contributed by atoms with E-state index in [-0.39, 0.29) is 25.8 Å². The van der Waals surface area contributed by atoms with Gasteiger partial charge in [-0.1, -0.05) is 69.4 Å². The van der Waals surface area contributed by atoms with E-state index in [1.54, 1.807) is 30.3 Å². The number of rotatable bonds is 42. The van der Waals surface area contributed by atoms with E-state index >= 15 is 0 Å². The number of carbonyl (C=O) groups is 3. The van der Waals surface area contributed by atoms with Crippen LogP contribution >= 0.6 is 0 Å². The Morgan fingerprint density at radius 3 is 1.07 bits per heavy atom. The topological polar surface area (TPSA) is 162 Å². The molecule has 1 aromatic rings. The quantitative estimate of drug-likeness (QED) is 0.0407. The molecule has 0 aliphatic heterocycles. The molecule has 0 amide bonds. The van der Waals surface area contributed by atoms with Crippen molar-refractivity contribution >= 4 is 17.7 Å². The standard InChI is InChI=1S/C39H66O15/c1-2-3-4-5-6-10-13-37(40)53-34-32-51-30-28-49-26-24-47-22-20-45-18-16-43-14-15-44-17-19-46-21-23-48-25-27-50-29-31-52-33-35-54-39(42)38(41)36-11-8-7-9-12-36/h7-9,11-12H,2-6,10,13-35H2,1H3. The molecule has 0 aromatic heterocycles. The molecule has 15 nitrogen and oxygen atoms in total. The van der Waals surface area contributed by atoms with Crippen LogP contribution in [-0.2, 0) is 66.4 Å². The monoisotopic (exact) mass is 774 g/mol. The molecule has 0 aliphatic rings. The Hall–Kier alpha value is -2.57. The lowest BCUT2D eigenvalue weighted by molar-refractivity contribution is -0.145. The number of benzene rings is 1. The maximum absolute atomic E-state index is 11.9. The summed E-state index contributed by atoms with van der Waals surface area (Å²) >= 11 is 0. The van der Waals surface area contributed by atoms with Crippen LogP contribution in [0.3, 0.4) is 0 Å². The normalized spacial score (nSPS) is 11.2. The molecule has 0 N–H and O–H groups in total. The molecule has 0 saturated carbocycles. The number of hydrogen-bond acceptors (Lipinski definition) is 15. The van der Waals surface area contributed by atoms with Crippen LogP contribution in [0.4, 0.5) is 0 Å². The van der Waals surface area contributed by atoms with Crippen LogP contribution in [0.1, 0.15) is 62.2 Å². The summed E-state index contributed by atoms with van der Waals surface area (Å²) in [5, 5.41) is 0. The Morgan fingerprint density at radius 1 is 0.389 bits per heavy atom. The van der Waals surface area contributed by atoms with Gasteiger partial charge in [0.05, 0.1) is 132 Å². The summed E-state index contributed by atoms with van der Waals surface area (Å²) in [5.74, 6) is -1.73. The van der Waals surface area contributed by atoms with Gasteiger partial charge in [-0.15, -0.1) is 0 Å². The molecule has 0 atom stereocenters. The molecule has 0 unspecified atom stereocenters. The van der Waals surface area contributed by atoms with Gasteiger partial charge in [-0.25, -0.2) is 4.79 Å². The number of ketones is 1. The van der Waals surface area contributed by atoms with E-state index in [1.807, 2.05) is 0 Å². The molecule has 0 aliphatic carbocycles. The molecule has 0 heterocycles. The highest BCUT2D eigenvalue weighted by molar-refractivity contribution is 6.40. The molecule has 1 rings (SSSR count). The van der Waals surface area contributed by atoms with E-state index in [0.717, 1.165) is 12.8 Å². The number of unbranched alkanes of at least 4 members (excludes halogenated alkanes) is 5. The van der Waals surface area contributed by atoms with E-state index in [9.17, 15) is 14.4 Å². The third-order valence-electron chi connectivity index (χ3n) is 7.26. The van der Waals surface area contributed by atoms with Gasteiger partial charge in [-0.05, 0) is 6.42 Å². The van der Waals surface area contributed by atoms with Crippen LogP contribution in [0.15, 0.2) is 30.3 Å². The van der Waals surface area contributed by atoms with Crippen LogP contribution in [0.25, 0.3) is 0 Å². The van der Waals surface area contributed by atoms with E-state index in [4.69, 9.17) is 56.8 Å². The van der Waals surface area contributed by atoms with Crippen molar-refractivity contribution in [1.82, 2.24) is 0 Å². The first-order valence-electron chi connectivity index (χ1n) is 19.3. The minimum atomic E-state index is -0.900. The van der Waals surface area contributed by atoms with E-state index < -0.39 is 11.8 Å². The average molecular weight is 775 g/mol. The molecular formula is C39H66O15. The summed E-state index contributed by atoms with van der Waals surface area (Å²) in [4.78, 5) is 35.3. The molecule has 0 fully saturated rings. The minimum Gasteiger partial charge on any atom is -0.463 e. The first-order valence-corrected chi connectivity index (χ1v) is 19.3. The van der Waals surface area contributed by atoms with Gasteiger partial charge < -0.3 is 56.8 Å². The molecule has 1 aromatic carbocycles. The zero-order valence-electron chi connectivity index (χ0n) is 32.5. The summed E-state index contributed by atoms with van der Waals surface area (Å²) in [5.41, 5.74) is 0.293. The van der Waals surface area contributed by atoms with E-state index in [2.05, 4.69) is 6.92 Å². The van der Waals surface area contributed by atoms with Gasteiger partial charge in [-0.3, -0.25) is 9.59 Å². The number of Topliss-reactive ketones (excluding diaryl/α,β-unsaturated/α-hetero) is 1. The van der Waals surface area contributed by atoms with Crippen molar-refractivity contribution < 1.29 is 71.2 Å². The largest absolute Gasteiger partial charge is 0.463 e. The summed E-state index contributed by atoms with van der Waals surface area (Å²) in [6.45, 7) is 11.1. The van der Waals surface area contributed by atoms with E-state index in [0.29, 0.717) is 138 Å². The maximum atomic E-state index is 11.9. The number of ether oxygens (including phenoxy) is 12. The summed E-state index contributed by atoms with van der Waals surface area (Å²) in [6.07, 6.45) is 7.37. The first kappa shape index (κ1) is 49.4.